The minimum absolute atomic E-state index is 0.358. The van der Waals surface area contributed by atoms with Crippen molar-refractivity contribution in [3.8, 4) is 0 Å². The van der Waals surface area contributed by atoms with Crippen LogP contribution in [0.15, 0.2) is 12.1 Å². The number of carbonyl (C=O) groups is 1. The summed E-state index contributed by atoms with van der Waals surface area (Å²) in [7, 11) is 1.36. The van der Waals surface area contributed by atoms with Crippen LogP contribution in [0.1, 0.15) is 29.0 Å². The molecule has 0 atom stereocenters. The smallest absolute Gasteiger partial charge is 0.356 e. The first-order valence-electron chi connectivity index (χ1n) is 6.47. The van der Waals surface area contributed by atoms with Crippen LogP contribution in [0.2, 0.25) is 0 Å². The lowest BCUT2D eigenvalue weighted by atomic mass is 10.1. The summed E-state index contributed by atoms with van der Waals surface area (Å²) in [6.07, 6.45) is 2.04. The Bertz CT molecular complexity index is 486. The molecule has 3 rings (SSSR count). The number of carbonyl (C=O) groups excluding carboxylic acids is 1. The van der Waals surface area contributed by atoms with Crippen molar-refractivity contribution in [2.75, 3.05) is 25.7 Å². The van der Waals surface area contributed by atoms with Gasteiger partial charge in [0.15, 0.2) is 0 Å². The summed E-state index contributed by atoms with van der Waals surface area (Å²) in [5.74, 6) is -0.396. The molecule has 0 amide bonds. The standard InChI is InChI=1S/C13H17N3O3/c1-18-13(17)11-3-2-10-12(14-11)8-16(15-10)9-4-6-19-7-5-9/h2-3,9,15H,4-8H2,1H3. The number of hydrazine groups is 1. The first-order chi connectivity index (χ1) is 9.28. The van der Waals surface area contributed by atoms with E-state index in [1.165, 1.54) is 7.11 Å². The summed E-state index contributed by atoms with van der Waals surface area (Å²) in [4.78, 5) is 15.8. The van der Waals surface area contributed by atoms with Gasteiger partial charge in [-0.05, 0) is 25.0 Å². The third-order valence-corrected chi connectivity index (χ3v) is 3.58. The Hall–Kier alpha value is -1.66. The van der Waals surface area contributed by atoms with Crippen LogP contribution in [-0.4, -0.2) is 42.3 Å². The topological polar surface area (TPSA) is 63.7 Å². The molecule has 3 heterocycles. The molecule has 1 aromatic heterocycles. The van der Waals surface area contributed by atoms with E-state index < -0.39 is 5.97 Å². The number of pyridine rings is 1. The molecule has 6 heteroatoms. The number of ether oxygens (including phenoxy) is 2. The Morgan fingerprint density at radius 1 is 1.47 bits per heavy atom. The normalized spacial score (nSPS) is 19.8. The fourth-order valence-electron chi connectivity index (χ4n) is 2.51. The van der Waals surface area contributed by atoms with Crippen LogP contribution < -0.4 is 5.43 Å². The van der Waals surface area contributed by atoms with Crippen LogP contribution in [-0.2, 0) is 16.0 Å². The van der Waals surface area contributed by atoms with Crippen LogP contribution >= 0.6 is 0 Å². The van der Waals surface area contributed by atoms with Gasteiger partial charge in [0.2, 0.25) is 0 Å². The predicted octanol–water partition coefficient (Wildman–Crippen LogP) is 1.19. The molecule has 1 saturated heterocycles. The first-order valence-corrected chi connectivity index (χ1v) is 6.47. The van der Waals surface area contributed by atoms with E-state index in [-0.39, 0.29) is 0 Å². The maximum Gasteiger partial charge on any atom is 0.356 e. The maximum absolute atomic E-state index is 11.5. The molecule has 6 nitrogen and oxygen atoms in total. The van der Waals surface area contributed by atoms with Crippen molar-refractivity contribution in [3.05, 3.63) is 23.5 Å². The van der Waals surface area contributed by atoms with Gasteiger partial charge in [-0.2, -0.15) is 0 Å². The summed E-state index contributed by atoms with van der Waals surface area (Å²) in [5.41, 5.74) is 5.58. The number of anilines is 1. The lowest BCUT2D eigenvalue weighted by Crippen LogP contribution is -2.39. The van der Waals surface area contributed by atoms with Gasteiger partial charge in [-0.15, -0.1) is 0 Å². The molecule has 0 bridgehead atoms. The maximum atomic E-state index is 11.5. The van der Waals surface area contributed by atoms with Crippen molar-refractivity contribution >= 4 is 11.7 Å². The molecule has 0 saturated carbocycles. The van der Waals surface area contributed by atoms with Gasteiger partial charge >= 0.3 is 5.97 Å². The average molecular weight is 263 g/mol. The molecule has 0 aliphatic carbocycles. The zero-order valence-corrected chi connectivity index (χ0v) is 10.9. The van der Waals surface area contributed by atoms with Crippen molar-refractivity contribution in [1.82, 2.24) is 9.99 Å². The Morgan fingerprint density at radius 2 is 2.26 bits per heavy atom. The van der Waals surface area contributed by atoms with Crippen LogP contribution in [0.5, 0.6) is 0 Å². The summed E-state index contributed by atoms with van der Waals surface area (Å²) in [6, 6.07) is 4.03. The monoisotopic (exact) mass is 263 g/mol. The van der Waals surface area contributed by atoms with Crippen LogP contribution in [0.4, 0.5) is 5.69 Å². The highest BCUT2D eigenvalue weighted by Gasteiger charge is 2.28. The van der Waals surface area contributed by atoms with Crippen LogP contribution in [0, 0.1) is 0 Å². The van der Waals surface area contributed by atoms with Gasteiger partial charge in [0.05, 0.1) is 25.0 Å². The van der Waals surface area contributed by atoms with Crippen LogP contribution in [0.3, 0.4) is 0 Å². The summed E-state index contributed by atoms with van der Waals surface area (Å²) in [6.45, 7) is 2.32. The van der Waals surface area contributed by atoms with Crippen molar-refractivity contribution in [1.29, 1.82) is 0 Å². The Balaban J connectivity index is 1.74. The molecule has 0 unspecified atom stereocenters. The summed E-state index contributed by atoms with van der Waals surface area (Å²) >= 11 is 0. The molecule has 1 fully saturated rings. The lowest BCUT2D eigenvalue weighted by Gasteiger charge is -2.30. The first kappa shape index (κ1) is 12.4. The molecule has 2 aliphatic rings. The highest BCUT2D eigenvalue weighted by atomic mass is 16.5. The third kappa shape index (κ3) is 2.41. The number of nitrogens with zero attached hydrogens (tertiary/aromatic N) is 2. The van der Waals surface area contributed by atoms with Gasteiger partial charge in [-0.1, -0.05) is 0 Å². The number of aromatic nitrogens is 1. The SMILES string of the molecule is COC(=O)c1ccc2c(n1)CN(C1CCOCC1)N2. The van der Waals surface area contributed by atoms with Gasteiger partial charge < -0.3 is 14.9 Å². The van der Waals surface area contributed by atoms with Gasteiger partial charge in [0.1, 0.15) is 5.69 Å². The number of nitrogens with one attached hydrogen (secondary N) is 1. The molecule has 0 spiro atoms. The second-order valence-corrected chi connectivity index (χ2v) is 4.77. The van der Waals surface area contributed by atoms with E-state index in [0.29, 0.717) is 18.3 Å². The highest BCUT2D eigenvalue weighted by Crippen LogP contribution is 2.27. The highest BCUT2D eigenvalue weighted by molar-refractivity contribution is 5.87. The van der Waals surface area contributed by atoms with Gasteiger partial charge in [0.25, 0.3) is 0 Å². The summed E-state index contributed by atoms with van der Waals surface area (Å²) < 4.78 is 10.1. The summed E-state index contributed by atoms with van der Waals surface area (Å²) in [5, 5.41) is 2.18. The quantitative estimate of drug-likeness (QED) is 0.809. The number of fused-ring (bicyclic) bond motifs is 1. The zero-order valence-electron chi connectivity index (χ0n) is 10.9. The van der Waals surface area contributed by atoms with Gasteiger partial charge in [0, 0.05) is 19.3 Å². The van der Waals surface area contributed by atoms with Crippen molar-refractivity contribution in [2.24, 2.45) is 0 Å². The second kappa shape index (κ2) is 5.14. The van der Waals surface area contributed by atoms with E-state index in [1.54, 1.807) is 6.07 Å². The fraction of sp³-hybridized carbons (Fsp3) is 0.538. The molecule has 1 N–H and O–H groups in total. The third-order valence-electron chi connectivity index (χ3n) is 3.58. The van der Waals surface area contributed by atoms with E-state index in [1.807, 2.05) is 6.07 Å². The Morgan fingerprint density at radius 3 is 3.00 bits per heavy atom. The van der Waals surface area contributed by atoms with Crippen LogP contribution in [0.25, 0.3) is 0 Å². The largest absolute Gasteiger partial charge is 0.464 e. The molecule has 2 aliphatic heterocycles. The van der Waals surface area contributed by atoms with Crippen molar-refractivity contribution in [3.63, 3.8) is 0 Å². The molecule has 1 aromatic rings. The second-order valence-electron chi connectivity index (χ2n) is 4.77. The number of esters is 1. The fourth-order valence-corrected chi connectivity index (χ4v) is 2.51. The molecular weight excluding hydrogens is 246 g/mol. The Kier molecular flexibility index (Phi) is 3.35. The van der Waals surface area contributed by atoms with Gasteiger partial charge in [-0.3, -0.25) is 0 Å². The van der Waals surface area contributed by atoms with Crippen molar-refractivity contribution in [2.45, 2.75) is 25.4 Å². The number of hydrogen-bond donors (Lipinski definition) is 1. The minimum atomic E-state index is -0.396. The van der Waals surface area contributed by atoms with Crippen molar-refractivity contribution < 1.29 is 14.3 Å². The molecule has 102 valence electrons. The van der Waals surface area contributed by atoms with E-state index in [9.17, 15) is 4.79 Å². The Labute approximate surface area is 111 Å². The molecule has 19 heavy (non-hydrogen) atoms. The van der Waals surface area contributed by atoms with E-state index in [4.69, 9.17) is 4.74 Å². The van der Waals surface area contributed by atoms with Gasteiger partial charge in [-0.25, -0.2) is 14.8 Å². The molecule has 0 aromatic carbocycles. The predicted molar refractivity (Wildman–Crippen MR) is 68.6 cm³/mol. The minimum Gasteiger partial charge on any atom is -0.464 e. The number of methoxy groups -OCH3 is 1. The van der Waals surface area contributed by atoms with E-state index in [2.05, 4.69) is 20.2 Å². The lowest BCUT2D eigenvalue weighted by molar-refractivity contribution is 0.0427. The zero-order chi connectivity index (χ0) is 13.2. The molecular formula is C13H17N3O3. The number of hydrogen-bond acceptors (Lipinski definition) is 6. The number of rotatable bonds is 2. The van der Waals surface area contributed by atoms with E-state index in [0.717, 1.165) is 37.4 Å². The van der Waals surface area contributed by atoms with E-state index >= 15 is 0 Å². The average Bonchev–Trinajstić information content (AvgIpc) is 2.90. The molecule has 0 radical (unpaired) electrons.